The van der Waals surface area contributed by atoms with E-state index in [0.717, 1.165) is 25.2 Å². The molecule has 0 saturated heterocycles. The van der Waals surface area contributed by atoms with Crippen LogP contribution >= 0.6 is 0 Å². The molecule has 2 heteroatoms. The summed E-state index contributed by atoms with van der Waals surface area (Å²) in [5.74, 6) is 2.49. The van der Waals surface area contributed by atoms with Gasteiger partial charge in [0, 0.05) is 0 Å². The summed E-state index contributed by atoms with van der Waals surface area (Å²) >= 11 is 0. The Kier molecular flexibility index (Phi) is 2.69. The van der Waals surface area contributed by atoms with Crippen molar-refractivity contribution < 1.29 is 10.2 Å². The molecule has 3 aliphatic carbocycles. The van der Waals surface area contributed by atoms with Crippen molar-refractivity contribution in [2.24, 2.45) is 17.3 Å². The number of aliphatic hydroxyl groups excluding tert-OH is 1. The highest BCUT2D eigenvalue weighted by atomic mass is 16.3. The second-order valence-electron chi connectivity index (χ2n) is 7.44. The van der Waals surface area contributed by atoms with E-state index in [9.17, 15) is 10.2 Å². The van der Waals surface area contributed by atoms with Gasteiger partial charge in [-0.3, -0.25) is 0 Å². The highest BCUT2D eigenvalue weighted by Crippen LogP contribution is 2.60. The lowest BCUT2D eigenvalue weighted by molar-refractivity contribution is -0.0226. The molecule has 4 rings (SSSR count). The Labute approximate surface area is 120 Å². The van der Waals surface area contributed by atoms with Gasteiger partial charge in [0.05, 0.1) is 6.10 Å². The van der Waals surface area contributed by atoms with Crippen LogP contribution in [0.25, 0.3) is 0 Å². The third kappa shape index (κ3) is 1.60. The van der Waals surface area contributed by atoms with E-state index < -0.39 is 0 Å². The fraction of sp³-hybridized carbons (Fsp3) is 0.667. The average Bonchev–Trinajstić information content (AvgIpc) is 2.74. The van der Waals surface area contributed by atoms with E-state index in [2.05, 4.69) is 13.0 Å². The fourth-order valence-electron chi connectivity index (χ4n) is 5.54. The number of benzene rings is 1. The highest BCUT2D eigenvalue weighted by molar-refractivity contribution is 5.40. The van der Waals surface area contributed by atoms with E-state index in [-0.39, 0.29) is 11.5 Å². The van der Waals surface area contributed by atoms with Crippen LogP contribution in [0.2, 0.25) is 0 Å². The number of hydrogen-bond acceptors (Lipinski definition) is 2. The van der Waals surface area contributed by atoms with Crippen molar-refractivity contribution in [3.8, 4) is 5.75 Å². The molecule has 0 heterocycles. The van der Waals surface area contributed by atoms with E-state index in [1.54, 1.807) is 0 Å². The van der Waals surface area contributed by atoms with Gasteiger partial charge in [-0.05, 0) is 85.0 Å². The lowest BCUT2D eigenvalue weighted by atomic mass is 9.59. The third-order valence-electron chi connectivity index (χ3n) is 6.66. The molecule has 0 aliphatic heterocycles. The zero-order valence-electron chi connectivity index (χ0n) is 12.2. The first kappa shape index (κ1) is 12.7. The molecule has 20 heavy (non-hydrogen) atoms. The van der Waals surface area contributed by atoms with Gasteiger partial charge < -0.3 is 10.2 Å². The first-order valence-electron chi connectivity index (χ1n) is 8.09. The molecule has 0 aromatic heterocycles. The van der Waals surface area contributed by atoms with Crippen molar-refractivity contribution in [3.05, 3.63) is 29.3 Å². The monoisotopic (exact) mass is 278 g/mol. The number of rotatable bonds is 0. The molecule has 2 nitrogen and oxygen atoms in total. The summed E-state index contributed by atoms with van der Waals surface area (Å²) in [7, 11) is 0. The molecule has 2 fully saturated rings. The van der Waals surface area contributed by atoms with E-state index >= 15 is 0 Å². The minimum Gasteiger partial charge on any atom is -0.508 e. The van der Waals surface area contributed by atoms with E-state index in [1.807, 2.05) is 12.1 Å². The lowest BCUT2D eigenvalue weighted by Crippen LogP contribution is -2.43. The normalized spacial score (nSPS) is 42.7. The van der Waals surface area contributed by atoms with Crippen LogP contribution < -0.4 is 0 Å². The van der Waals surface area contributed by atoms with Crippen LogP contribution in [0.1, 0.15) is 56.1 Å². The van der Waals surface area contributed by atoms with Crippen LogP contribution in [-0.2, 0) is 6.42 Å². The fourth-order valence-corrected chi connectivity index (χ4v) is 5.54. The van der Waals surface area contributed by atoms with Crippen molar-refractivity contribution in [3.63, 3.8) is 0 Å². The number of aryl methyl sites for hydroxylation is 1. The van der Waals surface area contributed by atoms with Crippen molar-refractivity contribution >= 4 is 0 Å². The molecule has 2 saturated carbocycles. The molecule has 5 atom stereocenters. The van der Waals surface area contributed by atoms with Crippen LogP contribution in [-0.4, -0.2) is 16.3 Å². The molecule has 0 spiro atoms. The largest absolute Gasteiger partial charge is 0.508 e. The van der Waals surface area contributed by atoms with Gasteiger partial charge >= 0.3 is 0 Å². The summed E-state index contributed by atoms with van der Waals surface area (Å²) in [6.07, 6.45) is 6.78. The second kappa shape index (κ2) is 4.24. The lowest BCUT2D eigenvalue weighted by Gasteiger charge is -2.50. The minimum atomic E-state index is -0.0883. The summed E-state index contributed by atoms with van der Waals surface area (Å²) < 4.78 is 0. The third-order valence-corrected chi connectivity index (χ3v) is 6.66. The molecule has 2 N–H and O–H groups in total. The SMILES string of the molecule is C[C@]12CC[C@H]3[C@@H](CC[13c]4[13cH][13c](O)[13cH][13cH][13c]43)[C@@H]1CC[C@@H]2O. The van der Waals surface area contributed by atoms with Gasteiger partial charge in [0.1, 0.15) is 5.75 Å². The molecular formula is C18H24O2. The predicted octanol–water partition coefficient (Wildman–Crippen LogP) is 3.61. The van der Waals surface area contributed by atoms with Gasteiger partial charge in [-0.25, -0.2) is 0 Å². The summed E-state index contributed by atoms with van der Waals surface area (Å²) in [5.41, 5.74) is 2.99. The molecule has 1 aromatic carbocycles. The summed E-state index contributed by atoms with van der Waals surface area (Å²) in [5, 5.41) is 20.0. The smallest absolute Gasteiger partial charge is 0.115 e. The van der Waals surface area contributed by atoms with Crippen LogP contribution in [0.4, 0.5) is 0 Å². The van der Waals surface area contributed by atoms with Gasteiger partial charge in [-0.2, -0.15) is 0 Å². The van der Waals surface area contributed by atoms with Crippen molar-refractivity contribution in [1.82, 2.24) is 0 Å². The Hall–Kier alpha value is -1.02. The quantitative estimate of drug-likeness (QED) is 0.761. The first-order chi connectivity index (χ1) is 9.59. The summed E-state index contributed by atoms with van der Waals surface area (Å²) in [6, 6.07) is 5.96. The van der Waals surface area contributed by atoms with Crippen LogP contribution in [0.3, 0.4) is 0 Å². The number of aliphatic hydroxyl groups is 1. The Morgan fingerprint density at radius 1 is 1.15 bits per heavy atom. The van der Waals surface area contributed by atoms with E-state index in [0.29, 0.717) is 17.6 Å². The van der Waals surface area contributed by atoms with Gasteiger partial charge in [-0.1, -0.05) is 13.0 Å². The second-order valence-corrected chi connectivity index (χ2v) is 7.44. The molecule has 0 bridgehead atoms. The summed E-state index contributed by atoms with van der Waals surface area (Å²) in [6.45, 7) is 2.32. The van der Waals surface area contributed by atoms with Crippen LogP contribution in [0.5, 0.6) is 5.75 Å². The maximum absolute atomic E-state index is 10.4. The standard InChI is InChI=1S/C18H24O2/c1-18-9-8-14-13-5-3-12(19)10-11(13)2-4-15(14)16(18)6-7-17(18)20/h3,5,10,14-17,19-20H,2,4,6-9H2,1H3/t14-,15-,16+,17+,18+/m1/s1/i3+1,5+1,10+1,11+1,12+1,13+1. The number of phenolic OH excluding ortho intramolecular Hbond substituents is 1. The molecule has 0 unspecified atom stereocenters. The first-order valence-corrected chi connectivity index (χ1v) is 8.09. The molecule has 3 aliphatic rings. The number of phenols is 1. The van der Waals surface area contributed by atoms with Crippen molar-refractivity contribution in [2.75, 3.05) is 0 Å². The maximum Gasteiger partial charge on any atom is 0.115 e. The van der Waals surface area contributed by atoms with Crippen molar-refractivity contribution in [2.45, 2.75) is 57.5 Å². The average molecular weight is 278 g/mol. The number of fused-ring (bicyclic) bond motifs is 5. The molecule has 0 amide bonds. The molecule has 0 radical (unpaired) electrons. The minimum absolute atomic E-state index is 0.0883. The van der Waals surface area contributed by atoms with Gasteiger partial charge in [0.15, 0.2) is 0 Å². The maximum atomic E-state index is 10.4. The molecule has 1 aromatic rings. The Balaban J connectivity index is 1.71. The van der Waals surface area contributed by atoms with Gasteiger partial charge in [0.25, 0.3) is 0 Å². The van der Waals surface area contributed by atoms with Crippen LogP contribution in [0.15, 0.2) is 18.2 Å². The zero-order chi connectivity index (χ0) is 13.9. The molecule has 108 valence electrons. The van der Waals surface area contributed by atoms with E-state index in [1.165, 1.54) is 30.4 Å². The summed E-state index contributed by atoms with van der Waals surface area (Å²) in [4.78, 5) is 0. The van der Waals surface area contributed by atoms with E-state index in [4.69, 9.17) is 0 Å². The van der Waals surface area contributed by atoms with Crippen molar-refractivity contribution in [1.29, 1.82) is 0 Å². The molecular weight excluding hydrogens is 254 g/mol. The highest BCUT2D eigenvalue weighted by Gasteiger charge is 2.54. The number of hydrogen-bond donors (Lipinski definition) is 2. The Morgan fingerprint density at radius 2 is 2.00 bits per heavy atom. The Morgan fingerprint density at radius 3 is 2.85 bits per heavy atom. The van der Waals surface area contributed by atoms with Gasteiger partial charge in [0.2, 0.25) is 0 Å². The van der Waals surface area contributed by atoms with Crippen LogP contribution in [0, 0.1) is 17.3 Å². The Bertz CT molecular complexity index is 538. The van der Waals surface area contributed by atoms with Gasteiger partial charge in [-0.15, -0.1) is 0 Å². The zero-order valence-corrected chi connectivity index (χ0v) is 12.2. The topological polar surface area (TPSA) is 40.5 Å². The predicted molar refractivity (Wildman–Crippen MR) is 78.7 cm³/mol. The number of aromatic hydroxyl groups is 1.